The number of hydrogen-bond donors (Lipinski definition) is 2. The van der Waals surface area contributed by atoms with Crippen LogP contribution in [0.25, 0.3) is 21.9 Å². The molecule has 1 saturated heterocycles. The number of fused-ring (bicyclic) bond motifs is 2. The van der Waals surface area contributed by atoms with E-state index in [0.717, 1.165) is 40.4 Å². The highest BCUT2D eigenvalue weighted by atomic mass is 35.5. The molecule has 3 N–H and O–H groups in total. The first-order valence-corrected chi connectivity index (χ1v) is 12.1. The second-order valence-corrected chi connectivity index (χ2v) is 9.61. The van der Waals surface area contributed by atoms with Crippen molar-refractivity contribution in [2.45, 2.75) is 38.5 Å². The van der Waals surface area contributed by atoms with Crippen molar-refractivity contribution in [1.29, 1.82) is 0 Å². The van der Waals surface area contributed by atoms with Gasteiger partial charge in [0.25, 0.3) is 0 Å². The van der Waals surface area contributed by atoms with Crippen molar-refractivity contribution in [2.24, 2.45) is 17.6 Å². The van der Waals surface area contributed by atoms with E-state index in [1.807, 2.05) is 35.4 Å². The summed E-state index contributed by atoms with van der Waals surface area (Å²) in [4.78, 5) is 30.6. The largest absolute Gasteiger partial charge is 0.369 e. The van der Waals surface area contributed by atoms with Crippen molar-refractivity contribution in [3.05, 3.63) is 65.7 Å². The minimum atomic E-state index is -0.395. The molecule has 1 fully saturated rings. The number of rotatable bonds is 7. The lowest BCUT2D eigenvalue weighted by Gasteiger charge is -2.34. The minimum absolute atomic E-state index is 0. The zero-order valence-corrected chi connectivity index (χ0v) is 20.9. The summed E-state index contributed by atoms with van der Waals surface area (Å²) in [5, 5.41) is 6.11. The molecule has 190 valence electrons. The number of amides is 2. The van der Waals surface area contributed by atoms with Gasteiger partial charge in [0, 0.05) is 59.4 Å². The van der Waals surface area contributed by atoms with Crippen LogP contribution in [-0.4, -0.2) is 39.9 Å². The molecule has 2 unspecified atom stereocenters. The smallest absolute Gasteiger partial charge is 0.226 e. The molecule has 1 aliphatic rings. The van der Waals surface area contributed by atoms with Crippen LogP contribution in [0.2, 0.25) is 0 Å². The molecule has 0 radical (unpaired) electrons. The van der Waals surface area contributed by atoms with Gasteiger partial charge in [0.2, 0.25) is 11.8 Å². The standard InChI is InChI=1S/C27H29FN4O3.ClH/c1-16(26(29)33)12-18(13-19-15-30-23-5-3-2-4-21(19)23)27(34)32-10-8-17(9-11-32)25-22-7-6-20(28)14-24(22)35-31-25;/h2-7,14-18,30H,8-13H2,1H3,(H2,29,33);1H. The number of hydrogen-bond acceptors (Lipinski definition) is 4. The topological polar surface area (TPSA) is 105 Å². The quantitative estimate of drug-likeness (QED) is 0.365. The number of nitrogens with two attached hydrogens (primary N) is 1. The normalized spacial score (nSPS) is 16.1. The first-order valence-electron chi connectivity index (χ1n) is 12.1. The van der Waals surface area contributed by atoms with Gasteiger partial charge in [-0.25, -0.2) is 4.39 Å². The highest BCUT2D eigenvalue weighted by Crippen LogP contribution is 2.34. The van der Waals surface area contributed by atoms with Crippen LogP contribution in [-0.2, 0) is 16.0 Å². The van der Waals surface area contributed by atoms with E-state index in [-0.39, 0.29) is 36.0 Å². The summed E-state index contributed by atoms with van der Waals surface area (Å²) in [6.45, 7) is 2.96. The third-order valence-electron chi connectivity index (χ3n) is 7.27. The van der Waals surface area contributed by atoms with Gasteiger partial charge in [-0.2, -0.15) is 0 Å². The Hall–Kier alpha value is -3.39. The second kappa shape index (κ2) is 10.7. The summed E-state index contributed by atoms with van der Waals surface area (Å²) in [5.41, 5.74) is 8.90. The number of primary amides is 1. The van der Waals surface area contributed by atoms with Gasteiger partial charge in [-0.1, -0.05) is 30.3 Å². The van der Waals surface area contributed by atoms with Crippen LogP contribution in [0.1, 0.15) is 43.4 Å². The number of piperidine rings is 1. The lowest BCUT2D eigenvalue weighted by molar-refractivity contribution is -0.137. The van der Waals surface area contributed by atoms with Crippen LogP contribution in [0.4, 0.5) is 4.39 Å². The van der Waals surface area contributed by atoms with E-state index in [1.165, 1.54) is 12.1 Å². The van der Waals surface area contributed by atoms with Gasteiger partial charge in [0.1, 0.15) is 5.82 Å². The van der Waals surface area contributed by atoms with Gasteiger partial charge in [-0.3, -0.25) is 9.59 Å². The van der Waals surface area contributed by atoms with Crippen LogP contribution in [0.15, 0.2) is 53.2 Å². The van der Waals surface area contributed by atoms with E-state index in [4.69, 9.17) is 10.3 Å². The summed E-state index contributed by atoms with van der Waals surface area (Å²) in [5.74, 6) is -1.30. The summed E-state index contributed by atoms with van der Waals surface area (Å²) >= 11 is 0. The number of aromatic amines is 1. The SMILES string of the molecule is CC(CC(Cc1c[nH]c2ccccc12)C(=O)N1CCC(c2noc3cc(F)ccc23)CC1)C(N)=O.Cl. The molecule has 0 spiro atoms. The van der Waals surface area contributed by atoms with Gasteiger partial charge in [0.15, 0.2) is 5.58 Å². The Labute approximate surface area is 214 Å². The number of likely N-dealkylation sites (tertiary alicyclic amines) is 1. The monoisotopic (exact) mass is 512 g/mol. The van der Waals surface area contributed by atoms with Gasteiger partial charge < -0.3 is 20.1 Å². The third-order valence-corrected chi connectivity index (χ3v) is 7.27. The summed E-state index contributed by atoms with van der Waals surface area (Å²) in [7, 11) is 0. The number of para-hydroxylation sites is 1. The zero-order valence-electron chi connectivity index (χ0n) is 20.1. The molecule has 2 aromatic heterocycles. The minimum Gasteiger partial charge on any atom is -0.369 e. The van der Waals surface area contributed by atoms with E-state index < -0.39 is 11.8 Å². The summed E-state index contributed by atoms with van der Waals surface area (Å²) < 4.78 is 18.8. The van der Waals surface area contributed by atoms with Crippen LogP contribution >= 0.6 is 12.4 Å². The van der Waals surface area contributed by atoms with E-state index in [0.29, 0.717) is 31.5 Å². The maximum atomic E-state index is 13.6. The number of halogens is 2. The molecule has 4 aromatic rings. The van der Waals surface area contributed by atoms with E-state index in [1.54, 1.807) is 13.0 Å². The van der Waals surface area contributed by atoms with E-state index >= 15 is 0 Å². The van der Waals surface area contributed by atoms with Gasteiger partial charge in [-0.15, -0.1) is 12.4 Å². The number of aromatic nitrogens is 2. The first-order chi connectivity index (χ1) is 16.9. The summed E-state index contributed by atoms with van der Waals surface area (Å²) in [6.07, 6.45) is 4.39. The predicted octanol–water partition coefficient (Wildman–Crippen LogP) is 4.95. The Morgan fingerprint density at radius 2 is 1.94 bits per heavy atom. The Bertz CT molecular complexity index is 1380. The fourth-order valence-corrected chi connectivity index (χ4v) is 5.24. The number of benzene rings is 2. The molecular formula is C27H30ClFN4O3. The van der Waals surface area contributed by atoms with E-state index in [9.17, 15) is 14.0 Å². The molecule has 0 aliphatic carbocycles. The Morgan fingerprint density at radius 3 is 2.69 bits per heavy atom. The Morgan fingerprint density at radius 1 is 1.19 bits per heavy atom. The van der Waals surface area contributed by atoms with Gasteiger partial charge in [-0.05, 0) is 49.4 Å². The molecule has 1 aliphatic heterocycles. The van der Waals surface area contributed by atoms with Crippen molar-refractivity contribution in [3.63, 3.8) is 0 Å². The number of carbonyl (C=O) groups is 2. The highest BCUT2D eigenvalue weighted by Gasteiger charge is 2.32. The zero-order chi connectivity index (χ0) is 24.5. The number of nitrogens with one attached hydrogen (secondary N) is 1. The molecule has 36 heavy (non-hydrogen) atoms. The van der Waals surface area contributed by atoms with Crippen molar-refractivity contribution < 1.29 is 18.5 Å². The molecule has 2 atom stereocenters. The molecular weight excluding hydrogens is 483 g/mol. The molecule has 9 heteroatoms. The van der Waals surface area contributed by atoms with Gasteiger partial charge >= 0.3 is 0 Å². The first kappa shape index (κ1) is 25.7. The van der Waals surface area contributed by atoms with Crippen molar-refractivity contribution in [1.82, 2.24) is 15.0 Å². The maximum absolute atomic E-state index is 13.6. The predicted molar refractivity (Wildman–Crippen MR) is 138 cm³/mol. The van der Waals surface area contributed by atoms with Crippen LogP contribution in [0, 0.1) is 17.7 Å². The number of nitrogens with zero attached hydrogens (tertiary/aromatic N) is 2. The fourth-order valence-electron chi connectivity index (χ4n) is 5.24. The van der Waals surface area contributed by atoms with Crippen LogP contribution in [0.3, 0.4) is 0 Å². The number of carbonyl (C=O) groups excluding carboxylic acids is 2. The molecule has 3 heterocycles. The second-order valence-electron chi connectivity index (χ2n) is 9.61. The Balaban J connectivity index is 0.00000304. The van der Waals surface area contributed by atoms with Gasteiger partial charge in [0.05, 0.1) is 5.69 Å². The third kappa shape index (κ3) is 5.09. The molecule has 7 nitrogen and oxygen atoms in total. The Kier molecular flexibility index (Phi) is 7.64. The fraction of sp³-hybridized carbons (Fsp3) is 0.370. The average Bonchev–Trinajstić information content (AvgIpc) is 3.47. The average molecular weight is 513 g/mol. The lowest BCUT2D eigenvalue weighted by atomic mass is 9.86. The van der Waals surface area contributed by atoms with Crippen molar-refractivity contribution in [3.8, 4) is 0 Å². The molecule has 2 aromatic carbocycles. The van der Waals surface area contributed by atoms with Crippen LogP contribution in [0.5, 0.6) is 0 Å². The highest BCUT2D eigenvalue weighted by molar-refractivity contribution is 5.86. The molecule has 0 saturated carbocycles. The van der Waals surface area contributed by atoms with Crippen molar-refractivity contribution in [2.75, 3.05) is 13.1 Å². The maximum Gasteiger partial charge on any atom is 0.226 e. The van der Waals surface area contributed by atoms with Crippen molar-refractivity contribution >= 4 is 46.1 Å². The van der Waals surface area contributed by atoms with Crippen LogP contribution < -0.4 is 5.73 Å². The lowest BCUT2D eigenvalue weighted by Crippen LogP contribution is -2.43. The van der Waals surface area contributed by atoms with E-state index in [2.05, 4.69) is 10.1 Å². The summed E-state index contributed by atoms with van der Waals surface area (Å²) in [6, 6.07) is 12.5. The molecule has 5 rings (SSSR count). The number of H-pyrrole nitrogens is 1. The molecule has 2 amide bonds. The molecule has 0 bridgehead atoms.